The zero-order valence-electron chi connectivity index (χ0n) is 15.5. The van der Waals surface area contributed by atoms with Gasteiger partial charge < -0.3 is 17.3 Å². The topological polar surface area (TPSA) is 81.8 Å². The molecule has 1 aliphatic heterocycles. The number of hydrogen-bond donors (Lipinski definition) is 2. The molecule has 1 fully saturated rings. The first-order valence-corrected chi connectivity index (χ1v) is 10.8. The molecule has 0 saturated carbocycles. The Morgan fingerprint density at radius 3 is 2.24 bits per heavy atom. The number of hydrogen-bond acceptors (Lipinski definition) is 5. The van der Waals surface area contributed by atoms with Crippen LogP contribution in [0.3, 0.4) is 0 Å². The highest BCUT2D eigenvalue weighted by Crippen LogP contribution is 2.25. The summed E-state index contributed by atoms with van der Waals surface area (Å²) in [4.78, 5) is 14.5. The summed E-state index contributed by atoms with van der Waals surface area (Å²) in [6.07, 6.45) is 0. The average molecular weight is 479 g/mol. The second-order valence-corrected chi connectivity index (χ2v) is 8.98. The van der Waals surface area contributed by atoms with Gasteiger partial charge in [-0.05, 0) is 49.5 Å². The molecule has 0 aromatic heterocycles. The molecule has 2 aromatic rings. The van der Waals surface area contributed by atoms with E-state index in [1.54, 1.807) is 12.1 Å². The number of likely N-dealkylation sites (N-methyl/N-ethyl adjacent to an activating group) is 1. The lowest BCUT2D eigenvalue weighted by Gasteiger charge is -2.32. The number of carbonyl (C=O) groups is 1. The van der Waals surface area contributed by atoms with Gasteiger partial charge in [0.25, 0.3) is 15.9 Å². The van der Waals surface area contributed by atoms with Crippen LogP contribution in [0.2, 0.25) is 10.0 Å². The largest absolute Gasteiger partial charge is 1.00 e. The van der Waals surface area contributed by atoms with Crippen molar-refractivity contribution in [2.75, 3.05) is 37.9 Å². The van der Waals surface area contributed by atoms with Gasteiger partial charge in [-0.2, -0.15) is 0 Å². The molecule has 0 radical (unpaired) electrons. The number of nitrogens with one attached hydrogen (secondary N) is 2. The normalized spacial score (nSPS) is 15.4. The first-order valence-electron chi connectivity index (χ1n) is 8.57. The molecule has 7 nitrogen and oxygen atoms in total. The van der Waals surface area contributed by atoms with Crippen LogP contribution in [-0.2, 0) is 10.0 Å². The van der Waals surface area contributed by atoms with E-state index in [1.807, 2.05) is 12.1 Å². The molecule has 3 rings (SSSR count). The maximum atomic E-state index is 12.7. The molecule has 2 N–H and O–H groups in total. The van der Waals surface area contributed by atoms with E-state index < -0.39 is 10.0 Å². The summed E-state index contributed by atoms with van der Waals surface area (Å²) in [5, 5.41) is 2.33. The van der Waals surface area contributed by atoms with Gasteiger partial charge in [-0.15, -0.1) is 0 Å². The Morgan fingerprint density at radius 2 is 1.62 bits per heavy atom. The minimum atomic E-state index is -3.98. The Hall–Kier alpha value is -1.55. The number of nitrogens with zero attached hydrogens (tertiary/aromatic N) is 2. The van der Waals surface area contributed by atoms with Gasteiger partial charge in [0.2, 0.25) is 0 Å². The first-order chi connectivity index (χ1) is 13.2. The molecule has 1 saturated heterocycles. The van der Waals surface area contributed by atoms with Gasteiger partial charge in [0.1, 0.15) is 4.90 Å². The minimum absolute atomic E-state index is 0. The van der Waals surface area contributed by atoms with E-state index in [1.165, 1.54) is 30.3 Å². The van der Waals surface area contributed by atoms with Crippen molar-refractivity contribution in [3.05, 3.63) is 58.1 Å². The minimum Gasteiger partial charge on any atom is -1.00 e. The molecule has 11 heteroatoms. The molecule has 29 heavy (non-hydrogen) atoms. The SMILES string of the molecule is CN1CCN(NC(=O)c2ccc(Cl)c(S(=O)(=O)Nc3ccc(Cl)cc3)c2)CC1.[Cl-]. The number of rotatable bonds is 5. The van der Waals surface area contributed by atoms with Crippen molar-refractivity contribution in [3.63, 3.8) is 0 Å². The Kier molecular flexibility index (Phi) is 8.16. The van der Waals surface area contributed by atoms with Crippen LogP contribution in [0.25, 0.3) is 0 Å². The lowest BCUT2D eigenvalue weighted by atomic mass is 10.2. The average Bonchev–Trinajstić information content (AvgIpc) is 2.65. The fourth-order valence-corrected chi connectivity index (χ4v) is 4.42. The molecule has 1 heterocycles. The van der Waals surface area contributed by atoms with Crippen LogP contribution >= 0.6 is 23.2 Å². The summed E-state index contributed by atoms with van der Waals surface area (Å²) in [6.45, 7) is 3.06. The standard InChI is InChI=1S/C18H20Cl2N4O3S.ClH/c1-23-8-10-24(11-9-23)21-18(25)13-2-7-16(20)17(12-13)28(26,27)22-15-5-3-14(19)4-6-15;/h2-7,12,22H,8-11H2,1H3,(H,21,25);1H/p-1. The van der Waals surface area contributed by atoms with E-state index >= 15 is 0 Å². The molecule has 1 aliphatic rings. The van der Waals surface area contributed by atoms with Crippen molar-refractivity contribution < 1.29 is 25.6 Å². The second-order valence-electron chi connectivity index (χ2n) is 6.49. The first kappa shape index (κ1) is 23.7. The number of halogens is 3. The van der Waals surface area contributed by atoms with Crippen LogP contribution in [0.5, 0.6) is 0 Å². The monoisotopic (exact) mass is 477 g/mol. The number of piperazine rings is 1. The van der Waals surface area contributed by atoms with Crippen LogP contribution in [0.15, 0.2) is 47.4 Å². The highest BCUT2D eigenvalue weighted by atomic mass is 35.5. The zero-order valence-corrected chi connectivity index (χ0v) is 18.6. The number of sulfonamides is 1. The number of benzene rings is 2. The van der Waals surface area contributed by atoms with Gasteiger partial charge in [0.15, 0.2) is 0 Å². The van der Waals surface area contributed by atoms with E-state index in [0.29, 0.717) is 23.8 Å². The van der Waals surface area contributed by atoms with Crippen molar-refractivity contribution in [1.82, 2.24) is 15.3 Å². The van der Waals surface area contributed by atoms with Gasteiger partial charge in [-0.25, -0.2) is 13.4 Å². The van der Waals surface area contributed by atoms with Crippen LogP contribution < -0.4 is 22.6 Å². The Morgan fingerprint density at radius 1 is 1.00 bits per heavy atom. The third-order valence-corrected chi connectivity index (χ3v) is 6.46. The maximum Gasteiger partial charge on any atom is 0.265 e. The summed E-state index contributed by atoms with van der Waals surface area (Å²) in [5.74, 6) is -0.385. The van der Waals surface area contributed by atoms with Crippen LogP contribution in [0.1, 0.15) is 10.4 Å². The zero-order chi connectivity index (χ0) is 20.3. The second kappa shape index (κ2) is 9.97. The van der Waals surface area contributed by atoms with Crippen molar-refractivity contribution in [3.8, 4) is 0 Å². The highest BCUT2D eigenvalue weighted by molar-refractivity contribution is 7.92. The summed E-state index contributed by atoms with van der Waals surface area (Å²) in [5.41, 5.74) is 3.35. The van der Waals surface area contributed by atoms with Gasteiger partial charge in [0.05, 0.1) is 5.02 Å². The summed E-state index contributed by atoms with van der Waals surface area (Å²) >= 11 is 11.9. The summed E-state index contributed by atoms with van der Waals surface area (Å²) < 4.78 is 27.9. The fourth-order valence-electron chi connectivity index (χ4n) is 2.71. The molecule has 158 valence electrons. The third kappa shape index (κ3) is 6.21. The Balaban J connectivity index is 0.00000300. The Bertz CT molecular complexity index is 963. The molecule has 0 unspecified atom stereocenters. The lowest BCUT2D eigenvalue weighted by Crippen LogP contribution is -3.00. The predicted molar refractivity (Wildman–Crippen MR) is 110 cm³/mol. The van der Waals surface area contributed by atoms with E-state index in [0.717, 1.165) is 13.1 Å². The van der Waals surface area contributed by atoms with E-state index in [2.05, 4.69) is 15.0 Å². The number of amides is 1. The van der Waals surface area contributed by atoms with Crippen molar-refractivity contribution in [1.29, 1.82) is 0 Å². The van der Waals surface area contributed by atoms with E-state index in [4.69, 9.17) is 23.2 Å². The van der Waals surface area contributed by atoms with E-state index in [-0.39, 0.29) is 33.8 Å². The summed E-state index contributed by atoms with van der Waals surface area (Å²) in [7, 11) is -1.96. The fraction of sp³-hybridized carbons (Fsp3) is 0.278. The quantitative estimate of drug-likeness (QED) is 0.616. The van der Waals surface area contributed by atoms with Crippen LogP contribution in [-0.4, -0.2) is 57.5 Å². The molecule has 0 spiro atoms. The van der Waals surface area contributed by atoms with Crippen molar-refractivity contribution in [2.45, 2.75) is 4.90 Å². The molecule has 2 aromatic carbocycles. The van der Waals surface area contributed by atoms with Gasteiger partial charge in [-0.3, -0.25) is 14.9 Å². The van der Waals surface area contributed by atoms with Crippen LogP contribution in [0.4, 0.5) is 5.69 Å². The van der Waals surface area contributed by atoms with Gasteiger partial charge in [0, 0.05) is 42.5 Å². The van der Waals surface area contributed by atoms with Crippen molar-refractivity contribution >= 4 is 44.8 Å². The number of hydrazine groups is 1. The number of anilines is 1. The highest BCUT2D eigenvalue weighted by Gasteiger charge is 2.22. The molecule has 0 bridgehead atoms. The molecule has 1 amide bonds. The van der Waals surface area contributed by atoms with Crippen LogP contribution in [0, 0.1) is 0 Å². The van der Waals surface area contributed by atoms with Crippen molar-refractivity contribution in [2.24, 2.45) is 0 Å². The molecule has 0 aliphatic carbocycles. The van der Waals surface area contributed by atoms with Gasteiger partial charge >= 0.3 is 0 Å². The van der Waals surface area contributed by atoms with E-state index in [9.17, 15) is 13.2 Å². The van der Waals surface area contributed by atoms with Gasteiger partial charge in [-0.1, -0.05) is 23.2 Å². The third-order valence-electron chi connectivity index (χ3n) is 4.34. The number of carbonyl (C=O) groups excluding carboxylic acids is 1. The molecular formula is C18H20Cl3N4O3S-. The molecule has 0 atom stereocenters. The Labute approximate surface area is 186 Å². The predicted octanol–water partition coefficient (Wildman–Crippen LogP) is -0.310. The lowest BCUT2D eigenvalue weighted by molar-refractivity contribution is -0.0000179. The molecular weight excluding hydrogens is 459 g/mol. The maximum absolute atomic E-state index is 12.7. The smallest absolute Gasteiger partial charge is 0.265 e. The summed E-state index contributed by atoms with van der Waals surface area (Å²) in [6, 6.07) is 10.4.